The number of oxazole rings is 1. The summed E-state index contributed by atoms with van der Waals surface area (Å²) >= 11 is 3.57. The van der Waals surface area contributed by atoms with Crippen LogP contribution in [0.4, 0.5) is 0 Å². The van der Waals surface area contributed by atoms with Crippen molar-refractivity contribution in [2.24, 2.45) is 0 Å². The highest BCUT2D eigenvalue weighted by Crippen LogP contribution is 2.33. The summed E-state index contributed by atoms with van der Waals surface area (Å²) < 4.78 is 6.87. The standard InChI is InChI=1S/C16H9BrN2O/c17-13-7-2-4-10-11(13)5-1-6-12(10)16-19-15-14(20-16)8-3-9-18-15/h1-9H. The molecular weight excluding hydrogens is 316 g/mol. The maximum absolute atomic E-state index is 5.81. The zero-order valence-corrected chi connectivity index (χ0v) is 12.0. The fourth-order valence-corrected chi connectivity index (χ4v) is 2.84. The molecule has 0 atom stereocenters. The minimum Gasteiger partial charge on any atom is -0.434 e. The van der Waals surface area contributed by atoms with Gasteiger partial charge in [0.05, 0.1) is 0 Å². The monoisotopic (exact) mass is 324 g/mol. The van der Waals surface area contributed by atoms with Crippen molar-refractivity contribution < 1.29 is 4.42 Å². The van der Waals surface area contributed by atoms with E-state index in [2.05, 4.69) is 38.0 Å². The number of nitrogens with zero attached hydrogens (tertiary/aromatic N) is 2. The smallest absolute Gasteiger partial charge is 0.229 e. The second-order valence-electron chi connectivity index (χ2n) is 4.48. The summed E-state index contributed by atoms with van der Waals surface area (Å²) in [5.74, 6) is 0.599. The van der Waals surface area contributed by atoms with Gasteiger partial charge in [-0.2, -0.15) is 4.98 Å². The largest absolute Gasteiger partial charge is 0.434 e. The number of halogens is 1. The summed E-state index contributed by atoms with van der Waals surface area (Å²) in [6, 6.07) is 15.9. The Kier molecular flexibility index (Phi) is 2.57. The topological polar surface area (TPSA) is 38.9 Å². The Morgan fingerprint density at radius 1 is 0.900 bits per heavy atom. The molecule has 0 unspecified atom stereocenters. The van der Waals surface area contributed by atoms with Gasteiger partial charge in [0.1, 0.15) is 0 Å². The van der Waals surface area contributed by atoms with Crippen LogP contribution >= 0.6 is 15.9 Å². The van der Waals surface area contributed by atoms with Gasteiger partial charge < -0.3 is 4.42 Å². The first-order chi connectivity index (χ1) is 9.83. The van der Waals surface area contributed by atoms with Gasteiger partial charge in [-0.25, -0.2) is 4.98 Å². The molecule has 0 saturated carbocycles. The lowest BCUT2D eigenvalue weighted by Gasteiger charge is -2.04. The number of pyridine rings is 1. The Bertz CT molecular complexity index is 897. The van der Waals surface area contributed by atoms with Gasteiger partial charge in [-0.15, -0.1) is 0 Å². The fraction of sp³-hybridized carbons (Fsp3) is 0. The van der Waals surface area contributed by atoms with E-state index in [4.69, 9.17) is 4.42 Å². The number of fused-ring (bicyclic) bond motifs is 2. The second kappa shape index (κ2) is 4.42. The Morgan fingerprint density at radius 3 is 2.65 bits per heavy atom. The lowest BCUT2D eigenvalue weighted by molar-refractivity contribution is 0.620. The average molecular weight is 325 g/mol. The SMILES string of the molecule is Brc1cccc2c(-c3nc4ncccc4o3)cccc12. The highest BCUT2D eigenvalue weighted by atomic mass is 79.9. The van der Waals surface area contributed by atoms with Crippen molar-refractivity contribution in [1.29, 1.82) is 0 Å². The number of hydrogen-bond donors (Lipinski definition) is 0. The van der Waals surface area contributed by atoms with Gasteiger partial charge in [0, 0.05) is 16.2 Å². The van der Waals surface area contributed by atoms with E-state index in [0.717, 1.165) is 20.8 Å². The highest BCUT2D eigenvalue weighted by molar-refractivity contribution is 9.10. The minimum atomic E-state index is 0.599. The third kappa shape index (κ3) is 1.72. The van der Waals surface area contributed by atoms with Gasteiger partial charge in [0.15, 0.2) is 11.2 Å². The quantitative estimate of drug-likeness (QED) is 0.504. The minimum absolute atomic E-state index is 0.599. The molecule has 0 saturated heterocycles. The van der Waals surface area contributed by atoms with Crippen molar-refractivity contribution in [1.82, 2.24) is 9.97 Å². The third-order valence-electron chi connectivity index (χ3n) is 3.26. The van der Waals surface area contributed by atoms with E-state index in [0.29, 0.717) is 17.1 Å². The van der Waals surface area contributed by atoms with Gasteiger partial charge in [0.25, 0.3) is 0 Å². The molecule has 0 radical (unpaired) electrons. The zero-order valence-electron chi connectivity index (χ0n) is 10.4. The highest BCUT2D eigenvalue weighted by Gasteiger charge is 2.12. The van der Waals surface area contributed by atoms with E-state index in [9.17, 15) is 0 Å². The van der Waals surface area contributed by atoms with E-state index in [1.54, 1.807) is 6.20 Å². The van der Waals surface area contributed by atoms with Crippen LogP contribution in [0.3, 0.4) is 0 Å². The molecule has 4 rings (SSSR count). The van der Waals surface area contributed by atoms with Crippen LogP contribution in [0.1, 0.15) is 0 Å². The van der Waals surface area contributed by atoms with E-state index in [-0.39, 0.29) is 0 Å². The van der Waals surface area contributed by atoms with E-state index < -0.39 is 0 Å². The molecule has 20 heavy (non-hydrogen) atoms. The number of benzene rings is 2. The molecular formula is C16H9BrN2O. The molecule has 0 aliphatic rings. The predicted molar refractivity (Wildman–Crippen MR) is 82.4 cm³/mol. The maximum atomic E-state index is 5.81. The van der Waals surface area contributed by atoms with Gasteiger partial charge in [-0.05, 0) is 35.0 Å². The Hall–Kier alpha value is -2.20. The van der Waals surface area contributed by atoms with Crippen LogP contribution in [0.25, 0.3) is 33.5 Å². The summed E-state index contributed by atoms with van der Waals surface area (Å²) in [5, 5.41) is 2.24. The molecule has 0 fully saturated rings. The van der Waals surface area contributed by atoms with Crippen LogP contribution in [0.15, 0.2) is 63.6 Å². The van der Waals surface area contributed by atoms with Crippen LogP contribution in [-0.2, 0) is 0 Å². The molecule has 3 nitrogen and oxygen atoms in total. The first-order valence-electron chi connectivity index (χ1n) is 6.22. The molecule has 0 N–H and O–H groups in total. The second-order valence-corrected chi connectivity index (χ2v) is 5.34. The molecule has 0 aliphatic carbocycles. The summed E-state index contributed by atoms with van der Waals surface area (Å²) in [6.45, 7) is 0. The zero-order chi connectivity index (χ0) is 13.5. The maximum Gasteiger partial charge on any atom is 0.229 e. The van der Waals surface area contributed by atoms with Gasteiger partial charge >= 0.3 is 0 Å². The van der Waals surface area contributed by atoms with Gasteiger partial charge in [-0.1, -0.05) is 40.2 Å². The van der Waals surface area contributed by atoms with Crippen molar-refractivity contribution in [2.45, 2.75) is 0 Å². The molecule has 4 aromatic rings. The Morgan fingerprint density at radius 2 is 1.75 bits per heavy atom. The number of rotatable bonds is 1. The molecule has 2 aromatic heterocycles. The molecule has 2 aromatic carbocycles. The summed E-state index contributed by atoms with van der Waals surface area (Å²) in [4.78, 5) is 8.68. The van der Waals surface area contributed by atoms with Crippen molar-refractivity contribution in [3.8, 4) is 11.5 Å². The lowest BCUT2D eigenvalue weighted by Crippen LogP contribution is -1.82. The number of hydrogen-bond acceptors (Lipinski definition) is 3. The van der Waals surface area contributed by atoms with Crippen molar-refractivity contribution in [2.75, 3.05) is 0 Å². The summed E-state index contributed by atoms with van der Waals surface area (Å²) in [5.41, 5.74) is 2.31. The third-order valence-corrected chi connectivity index (χ3v) is 3.96. The molecule has 96 valence electrons. The number of aromatic nitrogens is 2. The van der Waals surface area contributed by atoms with Crippen molar-refractivity contribution >= 4 is 37.9 Å². The normalized spacial score (nSPS) is 11.2. The molecule has 0 amide bonds. The van der Waals surface area contributed by atoms with Gasteiger partial charge in [0.2, 0.25) is 5.89 Å². The molecule has 2 heterocycles. The van der Waals surface area contributed by atoms with Crippen LogP contribution < -0.4 is 0 Å². The van der Waals surface area contributed by atoms with Crippen LogP contribution in [0, 0.1) is 0 Å². The molecule has 0 spiro atoms. The molecule has 4 heteroatoms. The molecule has 0 aliphatic heterocycles. The van der Waals surface area contributed by atoms with E-state index in [1.807, 2.05) is 36.4 Å². The predicted octanol–water partition coefficient (Wildman–Crippen LogP) is 4.81. The average Bonchev–Trinajstić information content (AvgIpc) is 2.91. The molecule has 0 bridgehead atoms. The van der Waals surface area contributed by atoms with Crippen LogP contribution in [0.5, 0.6) is 0 Å². The Labute approximate surface area is 123 Å². The summed E-state index contributed by atoms with van der Waals surface area (Å²) in [6.07, 6.45) is 1.72. The van der Waals surface area contributed by atoms with Crippen molar-refractivity contribution in [3.63, 3.8) is 0 Å². The van der Waals surface area contributed by atoms with Crippen LogP contribution in [-0.4, -0.2) is 9.97 Å². The van der Waals surface area contributed by atoms with Crippen molar-refractivity contribution in [3.05, 3.63) is 59.2 Å². The van der Waals surface area contributed by atoms with Gasteiger partial charge in [-0.3, -0.25) is 0 Å². The summed E-state index contributed by atoms with van der Waals surface area (Å²) in [7, 11) is 0. The first-order valence-corrected chi connectivity index (χ1v) is 7.01. The van der Waals surface area contributed by atoms with Crippen LogP contribution in [0.2, 0.25) is 0 Å². The fourth-order valence-electron chi connectivity index (χ4n) is 2.34. The van der Waals surface area contributed by atoms with E-state index >= 15 is 0 Å². The lowest BCUT2D eigenvalue weighted by atomic mass is 10.0. The Balaban J connectivity index is 2.04. The first kappa shape index (κ1) is 11.6. The van der Waals surface area contributed by atoms with E-state index in [1.165, 1.54) is 0 Å².